The van der Waals surface area contributed by atoms with Gasteiger partial charge in [0.2, 0.25) is 0 Å². The van der Waals surface area contributed by atoms with Crippen molar-refractivity contribution in [1.82, 2.24) is 15.1 Å². The molecule has 33 heavy (non-hydrogen) atoms. The number of rotatable bonds is 5. The highest BCUT2D eigenvalue weighted by atomic mass is 19.1. The molecule has 1 atom stereocenters. The summed E-state index contributed by atoms with van der Waals surface area (Å²) in [6, 6.07) is 12.6. The normalized spacial score (nSPS) is 17.2. The number of likely N-dealkylation sites (N-methyl/N-ethyl adjacent to an activating group) is 1. The van der Waals surface area contributed by atoms with Gasteiger partial charge in [0, 0.05) is 37.1 Å². The minimum absolute atomic E-state index is 0.0426. The molecule has 0 radical (unpaired) electrons. The van der Waals surface area contributed by atoms with E-state index >= 15 is 0 Å². The number of hydrogen-bond acceptors (Lipinski definition) is 5. The van der Waals surface area contributed by atoms with Gasteiger partial charge in [-0.1, -0.05) is 30.3 Å². The van der Waals surface area contributed by atoms with Gasteiger partial charge < -0.3 is 10.2 Å². The molecule has 9 heteroatoms. The fourth-order valence-electron chi connectivity index (χ4n) is 3.34. The lowest BCUT2D eigenvalue weighted by atomic mass is 10.1. The summed E-state index contributed by atoms with van der Waals surface area (Å²) in [6.07, 6.45) is 4.32. The van der Waals surface area contributed by atoms with Crippen LogP contribution in [0.25, 0.3) is 0 Å². The van der Waals surface area contributed by atoms with Crippen molar-refractivity contribution in [3.05, 3.63) is 95.6 Å². The number of Topliss-reactive ketones (excluding diaryl/α,β-unsaturated/α-hetero) is 1. The van der Waals surface area contributed by atoms with Gasteiger partial charge >= 0.3 is 5.91 Å². The quantitative estimate of drug-likeness (QED) is 0.559. The average molecular weight is 446 g/mol. The van der Waals surface area contributed by atoms with Crippen molar-refractivity contribution in [2.75, 3.05) is 7.05 Å². The number of fused-ring (bicyclic) bond motifs is 1. The number of ketones is 1. The van der Waals surface area contributed by atoms with Gasteiger partial charge in [0.25, 0.3) is 17.6 Å². The number of amidine groups is 1. The van der Waals surface area contributed by atoms with Crippen molar-refractivity contribution >= 4 is 29.3 Å². The molecule has 2 aromatic rings. The molecule has 2 aliphatic rings. The number of benzene rings is 2. The standard InChI is InChI=1S/C24H19FN4O4/c1-28(23(32)16-5-3-2-4-6-16)18-11-12-29-19(13-18)27-20(21(30)24(29)33)22(31)26-14-15-7-9-17(25)10-8-15/h2-13,20H,14H2,1H3,(H,26,31). The van der Waals surface area contributed by atoms with Gasteiger partial charge in [-0.3, -0.25) is 24.1 Å². The van der Waals surface area contributed by atoms with Crippen LogP contribution in [0, 0.1) is 5.82 Å². The monoisotopic (exact) mass is 446 g/mol. The Hall–Kier alpha value is -4.40. The van der Waals surface area contributed by atoms with E-state index in [1.807, 2.05) is 0 Å². The Labute approximate surface area is 188 Å². The van der Waals surface area contributed by atoms with Crippen molar-refractivity contribution in [1.29, 1.82) is 0 Å². The lowest BCUT2D eigenvalue weighted by Crippen LogP contribution is -2.52. The molecule has 0 saturated heterocycles. The zero-order valence-corrected chi connectivity index (χ0v) is 17.6. The van der Waals surface area contributed by atoms with Crippen molar-refractivity contribution in [2.24, 2.45) is 4.99 Å². The molecule has 0 bridgehead atoms. The number of hydrogen-bond donors (Lipinski definition) is 1. The van der Waals surface area contributed by atoms with E-state index in [2.05, 4.69) is 10.3 Å². The van der Waals surface area contributed by atoms with E-state index in [4.69, 9.17) is 0 Å². The second-order valence-corrected chi connectivity index (χ2v) is 7.39. The highest BCUT2D eigenvalue weighted by molar-refractivity contribution is 6.47. The second-order valence-electron chi connectivity index (χ2n) is 7.39. The zero-order valence-electron chi connectivity index (χ0n) is 17.6. The number of nitrogens with zero attached hydrogens (tertiary/aromatic N) is 3. The predicted molar refractivity (Wildman–Crippen MR) is 117 cm³/mol. The molecule has 2 aromatic carbocycles. The summed E-state index contributed by atoms with van der Waals surface area (Å²) >= 11 is 0. The van der Waals surface area contributed by atoms with Crippen molar-refractivity contribution < 1.29 is 23.6 Å². The molecular formula is C24H19FN4O4. The first-order chi connectivity index (χ1) is 15.8. The van der Waals surface area contributed by atoms with Crippen molar-refractivity contribution in [3.8, 4) is 0 Å². The lowest BCUT2D eigenvalue weighted by Gasteiger charge is -2.30. The molecule has 1 unspecified atom stereocenters. The highest BCUT2D eigenvalue weighted by Gasteiger charge is 2.40. The van der Waals surface area contributed by atoms with Gasteiger partial charge in [-0.25, -0.2) is 9.38 Å². The Bertz CT molecular complexity index is 1220. The molecular weight excluding hydrogens is 427 g/mol. The van der Waals surface area contributed by atoms with Crippen LogP contribution in [-0.2, 0) is 20.9 Å². The largest absolute Gasteiger partial charge is 0.350 e. The van der Waals surface area contributed by atoms with Gasteiger partial charge in [0.05, 0.1) is 0 Å². The van der Waals surface area contributed by atoms with Crippen LogP contribution < -0.4 is 5.32 Å². The number of nitrogens with one attached hydrogen (secondary N) is 1. The number of allylic oxidation sites excluding steroid dienone is 1. The molecule has 1 N–H and O–H groups in total. The maximum atomic E-state index is 13.0. The van der Waals surface area contributed by atoms with E-state index < -0.39 is 29.5 Å². The third-order valence-electron chi connectivity index (χ3n) is 5.20. The van der Waals surface area contributed by atoms with Crippen LogP contribution in [0.4, 0.5) is 4.39 Å². The van der Waals surface area contributed by atoms with Gasteiger partial charge in [0.1, 0.15) is 11.7 Å². The Morgan fingerprint density at radius 1 is 1.09 bits per heavy atom. The van der Waals surface area contributed by atoms with Crippen molar-refractivity contribution in [2.45, 2.75) is 12.6 Å². The number of carbonyl (C=O) groups is 4. The molecule has 2 heterocycles. The van der Waals surface area contributed by atoms with Crippen molar-refractivity contribution in [3.63, 3.8) is 0 Å². The minimum Gasteiger partial charge on any atom is -0.350 e. The molecule has 2 aliphatic heterocycles. The summed E-state index contributed by atoms with van der Waals surface area (Å²) < 4.78 is 13.0. The molecule has 0 aliphatic carbocycles. The third kappa shape index (κ3) is 4.47. The van der Waals surface area contributed by atoms with E-state index in [-0.39, 0.29) is 18.3 Å². The van der Waals surface area contributed by atoms with Crippen LogP contribution in [0.1, 0.15) is 15.9 Å². The Morgan fingerprint density at radius 3 is 2.48 bits per heavy atom. The maximum Gasteiger partial charge on any atom is 0.302 e. The fraction of sp³-hybridized carbons (Fsp3) is 0.125. The smallest absolute Gasteiger partial charge is 0.302 e. The molecule has 0 aromatic heterocycles. The summed E-state index contributed by atoms with van der Waals surface area (Å²) in [4.78, 5) is 56.9. The van der Waals surface area contributed by atoms with Crippen LogP contribution in [0.5, 0.6) is 0 Å². The van der Waals surface area contributed by atoms with Gasteiger partial charge in [-0.15, -0.1) is 0 Å². The van der Waals surface area contributed by atoms with E-state index in [1.54, 1.807) is 37.4 Å². The summed E-state index contributed by atoms with van der Waals surface area (Å²) in [5.74, 6) is -3.22. The van der Waals surface area contributed by atoms with E-state index in [0.717, 1.165) is 4.90 Å². The molecule has 0 spiro atoms. The van der Waals surface area contributed by atoms with Gasteiger partial charge in [-0.05, 0) is 35.9 Å². The van der Waals surface area contributed by atoms with Crippen LogP contribution in [0.3, 0.4) is 0 Å². The first-order valence-electron chi connectivity index (χ1n) is 10.1. The zero-order chi connectivity index (χ0) is 23.5. The van der Waals surface area contributed by atoms with Crippen LogP contribution in [-0.4, -0.2) is 52.2 Å². The number of aliphatic imine (C=N–C) groups is 1. The lowest BCUT2D eigenvalue weighted by molar-refractivity contribution is -0.144. The Balaban J connectivity index is 1.53. The fourth-order valence-corrected chi connectivity index (χ4v) is 3.34. The molecule has 4 rings (SSSR count). The highest BCUT2D eigenvalue weighted by Crippen LogP contribution is 2.20. The molecule has 0 saturated carbocycles. The van der Waals surface area contributed by atoms with Crippen LogP contribution in [0.2, 0.25) is 0 Å². The summed E-state index contributed by atoms with van der Waals surface area (Å²) in [5, 5.41) is 2.55. The van der Waals surface area contributed by atoms with E-state index in [1.165, 1.54) is 47.5 Å². The number of halogens is 1. The molecule has 166 valence electrons. The molecule has 3 amide bonds. The number of amides is 3. The minimum atomic E-state index is -1.55. The van der Waals surface area contributed by atoms with E-state index in [9.17, 15) is 23.6 Å². The van der Waals surface area contributed by atoms with Crippen LogP contribution in [0.15, 0.2) is 83.6 Å². The molecule has 0 fully saturated rings. The topological polar surface area (TPSA) is 99.1 Å². The Kier molecular flexibility index (Phi) is 5.95. The summed E-state index contributed by atoms with van der Waals surface area (Å²) in [5.41, 5.74) is 1.54. The summed E-state index contributed by atoms with van der Waals surface area (Å²) in [7, 11) is 1.57. The number of carbonyl (C=O) groups excluding carboxylic acids is 4. The van der Waals surface area contributed by atoms with Gasteiger partial charge in [-0.2, -0.15) is 0 Å². The van der Waals surface area contributed by atoms with E-state index in [0.29, 0.717) is 16.8 Å². The molecule has 8 nitrogen and oxygen atoms in total. The first kappa shape index (κ1) is 21.8. The van der Waals surface area contributed by atoms with Crippen LogP contribution >= 0.6 is 0 Å². The summed E-state index contributed by atoms with van der Waals surface area (Å²) in [6.45, 7) is 0.0426. The average Bonchev–Trinajstić information content (AvgIpc) is 2.85. The predicted octanol–water partition coefficient (Wildman–Crippen LogP) is 1.80. The SMILES string of the molecule is CN(C(=O)c1ccccc1)C1=CC2=NC(C(=O)NCc3ccc(F)cc3)C(=O)C(=O)N2C=C1. The maximum absolute atomic E-state index is 13.0. The van der Waals surface area contributed by atoms with Gasteiger partial charge in [0.15, 0.2) is 6.04 Å². The second kappa shape index (κ2) is 8.99. The Morgan fingerprint density at radius 2 is 1.79 bits per heavy atom. The first-order valence-corrected chi connectivity index (χ1v) is 10.1. The third-order valence-corrected chi connectivity index (χ3v) is 5.20.